The summed E-state index contributed by atoms with van der Waals surface area (Å²) in [5, 5.41) is 8.80. The summed E-state index contributed by atoms with van der Waals surface area (Å²) in [6.45, 7) is 1.59. The van der Waals surface area contributed by atoms with Crippen LogP contribution in [0.25, 0.3) is 11.5 Å². The predicted octanol–water partition coefficient (Wildman–Crippen LogP) is 3.65. The zero-order valence-corrected chi connectivity index (χ0v) is 11.8. The van der Waals surface area contributed by atoms with E-state index in [2.05, 4.69) is 15.5 Å². The Hall–Kier alpha value is -3.03. The van der Waals surface area contributed by atoms with Gasteiger partial charge in [0, 0.05) is 5.69 Å². The SMILES string of the molecule is Cc1[nH]nc(-c2ccco2)c1C(=O)Nc1ccc(F)c(F)c1F. The highest BCUT2D eigenvalue weighted by Crippen LogP contribution is 2.26. The van der Waals surface area contributed by atoms with Crippen LogP contribution >= 0.6 is 0 Å². The molecular weight excluding hydrogens is 311 g/mol. The van der Waals surface area contributed by atoms with Gasteiger partial charge in [0.1, 0.15) is 5.69 Å². The summed E-state index contributed by atoms with van der Waals surface area (Å²) in [6, 6.07) is 4.89. The van der Waals surface area contributed by atoms with E-state index in [0.29, 0.717) is 11.5 Å². The van der Waals surface area contributed by atoms with Crippen molar-refractivity contribution in [3.63, 3.8) is 0 Å². The fourth-order valence-corrected chi connectivity index (χ4v) is 2.11. The molecule has 0 fully saturated rings. The van der Waals surface area contributed by atoms with Gasteiger partial charge in [-0.15, -0.1) is 0 Å². The lowest BCUT2D eigenvalue weighted by Crippen LogP contribution is -2.15. The summed E-state index contributed by atoms with van der Waals surface area (Å²) in [4.78, 5) is 12.4. The highest BCUT2D eigenvalue weighted by Gasteiger charge is 2.23. The number of nitrogens with one attached hydrogen (secondary N) is 2. The second kappa shape index (κ2) is 5.64. The number of aromatic nitrogens is 2. The molecule has 0 saturated heterocycles. The monoisotopic (exact) mass is 321 g/mol. The molecule has 3 rings (SSSR count). The van der Waals surface area contributed by atoms with E-state index in [9.17, 15) is 18.0 Å². The van der Waals surface area contributed by atoms with Crippen LogP contribution in [0.2, 0.25) is 0 Å². The van der Waals surface area contributed by atoms with Crippen LogP contribution in [0.3, 0.4) is 0 Å². The van der Waals surface area contributed by atoms with E-state index in [1.165, 1.54) is 6.26 Å². The fraction of sp³-hybridized carbons (Fsp3) is 0.0667. The molecule has 0 atom stereocenters. The maximum absolute atomic E-state index is 13.7. The number of amides is 1. The van der Waals surface area contributed by atoms with Crippen LogP contribution in [0, 0.1) is 24.4 Å². The number of carbonyl (C=O) groups excluding carboxylic acids is 1. The number of hydrogen-bond acceptors (Lipinski definition) is 3. The van der Waals surface area contributed by atoms with Gasteiger partial charge in [0.2, 0.25) is 0 Å². The number of aromatic amines is 1. The van der Waals surface area contributed by atoms with Crippen LogP contribution in [0.1, 0.15) is 16.1 Å². The third kappa shape index (κ3) is 2.59. The van der Waals surface area contributed by atoms with Gasteiger partial charge in [-0.1, -0.05) is 0 Å². The van der Waals surface area contributed by atoms with E-state index in [0.717, 1.165) is 12.1 Å². The van der Waals surface area contributed by atoms with E-state index >= 15 is 0 Å². The molecule has 2 heterocycles. The molecule has 0 spiro atoms. The predicted molar refractivity (Wildman–Crippen MR) is 75.3 cm³/mol. The van der Waals surface area contributed by atoms with E-state index in [4.69, 9.17) is 4.42 Å². The van der Waals surface area contributed by atoms with Crippen LogP contribution in [0.15, 0.2) is 34.9 Å². The first kappa shape index (κ1) is 14.9. The van der Waals surface area contributed by atoms with Gasteiger partial charge in [0.05, 0.1) is 17.5 Å². The molecular formula is C15H10F3N3O2. The summed E-state index contributed by atoms with van der Waals surface area (Å²) in [5.74, 6) is -4.86. The fourth-order valence-electron chi connectivity index (χ4n) is 2.11. The van der Waals surface area contributed by atoms with Crippen molar-refractivity contribution in [1.29, 1.82) is 0 Å². The number of benzene rings is 1. The zero-order chi connectivity index (χ0) is 16.6. The molecule has 2 aromatic heterocycles. The number of rotatable bonds is 3. The molecule has 0 aliphatic heterocycles. The standard InChI is InChI=1S/C15H10F3N3O2/c1-7-11(14(21-20-7)10-3-2-6-23-10)15(22)19-9-5-4-8(16)12(17)13(9)18/h2-6H,1H3,(H,19,22)(H,20,21). The van der Waals surface area contributed by atoms with Crippen molar-refractivity contribution >= 4 is 11.6 Å². The number of hydrogen-bond donors (Lipinski definition) is 2. The number of H-pyrrole nitrogens is 1. The van der Waals surface area contributed by atoms with Crippen LogP contribution in [0.4, 0.5) is 18.9 Å². The minimum atomic E-state index is -1.65. The molecule has 3 aromatic rings. The van der Waals surface area contributed by atoms with Gasteiger partial charge in [0.25, 0.3) is 5.91 Å². The molecule has 2 N–H and O–H groups in total. The number of nitrogens with zero attached hydrogens (tertiary/aromatic N) is 1. The van der Waals surface area contributed by atoms with Gasteiger partial charge in [-0.2, -0.15) is 5.10 Å². The van der Waals surface area contributed by atoms with Gasteiger partial charge >= 0.3 is 0 Å². The van der Waals surface area contributed by atoms with E-state index in [1.807, 2.05) is 0 Å². The highest BCUT2D eigenvalue weighted by atomic mass is 19.2. The molecule has 0 saturated carbocycles. The summed E-state index contributed by atoms with van der Waals surface area (Å²) in [5.41, 5.74) is 0.286. The first-order valence-corrected chi connectivity index (χ1v) is 6.52. The van der Waals surface area contributed by atoms with E-state index in [1.54, 1.807) is 19.1 Å². The van der Waals surface area contributed by atoms with Crippen LogP contribution in [-0.2, 0) is 0 Å². The molecule has 1 aromatic carbocycles. The molecule has 23 heavy (non-hydrogen) atoms. The second-order valence-corrected chi connectivity index (χ2v) is 4.73. The quantitative estimate of drug-likeness (QED) is 0.723. The Morgan fingerprint density at radius 1 is 1.22 bits per heavy atom. The van der Waals surface area contributed by atoms with Gasteiger partial charge < -0.3 is 9.73 Å². The van der Waals surface area contributed by atoms with Crippen LogP contribution in [0.5, 0.6) is 0 Å². The first-order valence-electron chi connectivity index (χ1n) is 6.52. The number of furan rings is 1. The maximum atomic E-state index is 13.7. The van der Waals surface area contributed by atoms with Gasteiger partial charge in [-0.3, -0.25) is 9.89 Å². The average Bonchev–Trinajstić information content (AvgIpc) is 3.17. The zero-order valence-electron chi connectivity index (χ0n) is 11.8. The molecule has 5 nitrogen and oxygen atoms in total. The van der Waals surface area contributed by atoms with Crippen molar-refractivity contribution in [3.05, 3.63) is 59.2 Å². The molecule has 1 amide bonds. The molecule has 0 aliphatic rings. The van der Waals surface area contributed by atoms with Crippen molar-refractivity contribution in [1.82, 2.24) is 10.2 Å². The Balaban J connectivity index is 1.97. The second-order valence-electron chi connectivity index (χ2n) is 4.73. The van der Waals surface area contributed by atoms with E-state index in [-0.39, 0.29) is 11.3 Å². The van der Waals surface area contributed by atoms with E-state index < -0.39 is 29.0 Å². The molecule has 0 bridgehead atoms. The van der Waals surface area contributed by atoms with Crippen LogP contribution in [-0.4, -0.2) is 16.1 Å². The van der Waals surface area contributed by atoms with Gasteiger partial charge in [-0.25, -0.2) is 13.2 Å². The number of aryl methyl sites for hydroxylation is 1. The lowest BCUT2D eigenvalue weighted by molar-refractivity contribution is 0.102. The number of halogens is 3. The molecule has 0 aliphatic carbocycles. The number of carbonyl (C=O) groups is 1. The average molecular weight is 321 g/mol. The van der Waals surface area contributed by atoms with Gasteiger partial charge in [0.15, 0.2) is 23.2 Å². The molecule has 0 unspecified atom stereocenters. The van der Waals surface area contributed by atoms with Crippen LogP contribution < -0.4 is 5.32 Å². The Morgan fingerprint density at radius 3 is 2.70 bits per heavy atom. The Bertz CT molecular complexity index is 872. The summed E-state index contributed by atoms with van der Waals surface area (Å²) < 4.78 is 45.0. The lowest BCUT2D eigenvalue weighted by Gasteiger charge is -2.07. The summed E-state index contributed by atoms with van der Waals surface area (Å²) in [7, 11) is 0. The Kier molecular flexibility index (Phi) is 3.65. The topological polar surface area (TPSA) is 70.9 Å². The highest BCUT2D eigenvalue weighted by molar-refractivity contribution is 6.08. The first-order chi connectivity index (χ1) is 11.0. The van der Waals surface area contributed by atoms with Crippen molar-refractivity contribution in [3.8, 4) is 11.5 Å². The Morgan fingerprint density at radius 2 is 2.00 bits per heavy atom. The smallest absolute Gasteiger partial charge is 0.259 e. The molecule has 0 radical (unpaired) electrons. The largest absolute Gasteiger partial charge is 0.463 e. The molecule has 118 valence electrons. The number of anilines is 1. The van der Waals surface area contributed by atoms with Crippen molar-refractivity contribution in [2.24, 2.45) is 0 Å². The normalized spacial score (nSPS) is 10.8. The third-order valence-electron chi connectivity index (χ3n) is 3.21. The van der Waals surface area contributed by atoms with Crippen molar-refractivity contribution in [2.45, 2.75) is 6.92 Å². The molecule has 8 heteroatoms. The third-order valence-corrected chi connectivity index (χ3v) is 3.21. The minimum Gasteiger partial charge on any atom is -0.463 e. The Labute approximate surface area is 128 Å². The maximum Gasteiger partial charge on any atom is 0.259 e. The lowest BCUT2D eigenvalue weighted by atomic mass is 10.1. The van der Waals surface area contributed by atoms with Gasteiger partial charge in [-0.05, 0) is 31.2 Å². The minimum absolute atomic E-state index is 0.115. The van der Waals surface area contributed by atoms with Crippen molar-refractivity contribution < 1.29 is 22.4 Å². The summed E-state index contributed by atoms with van der Waals surface area (Å²) in [6.07, 6.45) is 1.41. The van der Waals surface area contributed by atoms with Crippen molar-refractivity contribution in [2.75, 3.05) is 5.32 Å². The summed E-state index contributed by atoms with van der Waals surface area (Å²) >= 11 is 0.